The predicted octanol–water partition coefficient (Wildman–Crippen LogP) is 5.06. The minimum absolute atomic E-state index is 0.298. The maximum absolute atomic E-state index is 5.92. The number of benzene rings is 2. The summed E-state index contributed by atoms with van der Waals surface area (Å²) < 4.78 is 0. The molecule has 2 heteroatoms. The van der Waals surface area contributed by atoms with E-state index in [0.29, 0.717) is 12.1 Å². The van der Waals surface area contributed by atoms with Crippen LogP contribution in [0.1, 0.15) is 42.6 Å². The molecule has 0 aromatic heterocycles. The molecule has 0 fully saturated rings. The van der Waals surface area contributed by atoms with Crippen molar-refractivity contribution in [1.29, 1.82) is 0 Å². The predicted molar refractivity (Wildman–Crippen MR) is 82.6 cm³/mol. The van der Waals surface area contributed by atoms with Crippen molar-refractivity contribution in [2.24, 2.45) is 0 Å². The van der Waals surface area contributed by atoms with E-state index in [1.54, 1.807) is 0 Å². The van der Waals surface area contributed by atoms with Crippen LogP contribution in [-0.4, -0.2) is 0 Å². The summed E-state index contributed by atoms with van der Waals surface area (Å²) in [7, 11) is 0. The third kappa shape index (κ3) is 3.59. The van der Waals surface area contributed by atoms with Crippen LogP contribution < -0.4 is 5.32 Å². The monoisotopic (exact) mass is 273 g/mol. The number of aryl methyl sites for hydroxylation is 1. The number of hydrogen-bond acceptors (Lipinski definition) is 1. The van der Waals surface area contributed by atoms with Gasteiger partial charge in [0.15, 0.2) is 0 Å². The fraction of sp³-hybridized carbons (Fsp3) is 0.294. The normalized spacial score (nSPS) is 14.1. The van der Waals surface area contributed by atoms with Gasteiger partial charge in [-0.15, -0.1) is 0 Å². The molecular weight excluding hydrogens is 254 g/mol. The SMILES string of the molecule is Cc1ccccc1C(C)NC(C)c1ccc(Cl)cc1. The van der Waals surface area contributed by atoms with E-state index in [1.165, 1.54) is 16.7 Å². The van der Waals surface area contributed by atoms with Crippen LogP contribution in [0.25, 0.3) is 0 Å². The van der Waals surface area contributed by atoms with Crippen molar-refractivity contribution < 1.29 is 0 Å². The molecule has 0 saturated heterocycles. The largest absolute Gasteiger partial charge is 0.304 e. The van der Waals surface area contributed by atoms with E-state index in [2.05, 4.69) is 62.5 Å². The molecule has 100 valence electrons. The fourth-order valence-electron chi connectivity index (χ4n) is 2.39. The van der Waals surface area contributed by atoms with E-state index < -0.39 is 0 Å². The van der Waals surface area contributed by atoms with Crippen LogP contribution in [0, 0.1) is 6.92 Å². The Kier molecular flexibility index (Phi) is 4.62. The van der Waals surface area contributed by atoms with E-state index in [-0.39, 0.29) is 0 Å². The first kappa shape index (κ1) is 14.1. The van der Waals surface area contributed by atoms with Gasteiger partial charge in [-0.1, -0.05) is 48.0 Å². The molecule has 0 amide bonds. The van der Waals surface area contributed by atoms with Crippen LogP contribution in [0.4, 0.5) is 0 Å². The lowest BCUT2D eigenvalue weighted by atomic mass is 10.0. The summed E-state index contributed by atoms with van der Waals surface area (Å²) in [5, 5.41) is 4.41. The summed E-state index contributed by atoms with van der Waals surface area (Å²) in [6.45, 7) is 6.53. The standard InChI is InChI=1S/C17H20ClN/c1-12-6-4-5-7-17(12)14(3)19-13(2)15-8-10-16(18)11-9-15/h4-11,13-14,19H,1-3H3. The molecule has 0 radical (unpaired) electrons. The zero-order valence-electron chi connectivity index (χ0n) is 11.7. The quantitative estimate of drug-likeness (QED) is 0.821. The van der Waals surface area contributed by atoms with Gasteiger partial charge in [-0.05, 0) is 49.6 Å². The third-order valence-corrected chi connectivity index (χ3v) is 3.78. The Balaban J connectivity index is 2.08. The molecule has 0 aliphatic carbocycles. The maximum atomic E-state index is 5.92. The van der Waals surface area contributed by atoms with Crippen LogP contribution >= 0.6 is 11.6 Å². The third-order valence-electron chi connectivity index (χ3n) is 3.52. The summed E-state index contributed by atoms with van der Waals surface area (Å²) in [5.74, 6) is 0. The first-order valence-electron chi connectivity index (χ1n) is 6.65. The highest BCUT2D eigenvalue weighted by atomic mass is 35.5. The van der Waals surface area contributed by atoms with Crippen LogP contribution in [0.15, 0.2) is 48.5 Å². The van der Waals surface area contributed by atoms with Gasteiger partial charge >= 0.3 is 0 Å². The molecule has 2 aromatic rings. The second-order valence-electron chi connectivity index (χ2n) is 5.02. The molecule has 0 spiro atoms. The van der Waals surface area contributed by atoms with Crippen molar-refractivity contribution in [3.8, 4) is 0 Å². The molecule has 2 atom stereocenters. The van der Waals surface area contributed by atoms with Crippen LogP contribution in [-0.2, 0) is 0 Å². The Morgan fingerprint density at radius 1 is 0.895 bits per heavy atom. The van der Waals surface area contributed by atoms with Crippen molar-refractivity contribution in [3.05, 3.63) is 70.2 Å². The van der Waals surface area contributed by atoms with Crippen LogP contribution in [0.2, 0.25) is 5.02 Å². The first-order chi connectivity index (χ1) is 9.08. The van der Waals surface area contributed by atoms with Crippen molar-refractivity contribution in [3.63, 3.8) is 0 Å². The second-order valence-corrected chi connectivity index (χ2v) is 5.45. The molecule has 2 rings (SSSR count). The molecule has 1 nitrogen and oxygen atoms in total. The average Bonchev–Trinajstić information content (AvgIpc) is 2.39. The van der Waals surface area contributed by atoms with Gasteiger partial charge in [-0.3, -0.25) is 0 Å². The molecule has 0 aliphatic heterocycles. The first-order valence-corrected chi connectivity index (χ1v) is 7.03. The molecular formula is C17H20ClN. The van der Waals surface area contributed by atoms with Crippen molar-refractivity contribution in [2.45, 2.75) is 32.9 Å². The summed E-state index contributed by atoms with van der Waals surface area (Å²) >= 11 is 5.92. The summed E-state index contributed by atoms with van der Waals surface area (Å²) in [6, 6.07) is 17.2. The van der Waals surface area contributed by atoms with Crippen molar-refractivity contribution in [1.82, 2.24) is 5.32 Å². The molecule has 0 bridgehead atoms. The average molecular weight is 274 g/mol. The minimum Gasteiger partial charge on any atom is -0.304 e. The van der Waals surface area contributed by atoms with Crippen LogP contribution in [0.3, 0.4) is 0 Å². The lowest BCUT2D eigenvalue weighted by molar-refractivity contribution is 0.493. The van der Waals surface area contributed by atoms with E-state index in [9.17, 15) is 0 Å². The van der Waals surface area contributed by atoms with Crippen LogP contribution in [0.5, 0.6) is 0 Å². The smallest absolute Gasteiger partial charge is 0.0406 e. The van der Waals surface area contributed by atoms with E-state index >= 15 is 0 Å². The van der Waals surface area contributed by atoms with Gasteiger partial charge in [-0.2, -0.15) is 0 Å². The van der Waals surface area contributed by atoms with Gasteiger partial charge < -0.3 is 5.32 Å². The van der Waals surface area contributed by atoms with Crippen molar-refractivity contribution in [2.75, 3.05) is 0 Å². The topological polar surface area (TPSA) is 12.0 Å². The van der Waals surface area contributed by atoms with Gasteiger partial charge in [0.05, 0.1) is 0 Å². The number of hydrogen-bond donors (Lipinski definition) is 1. The lowest BCUT2D eigenvalue weighted by Crippen LogP contribution is -2.23. The highest BCUT2D eigenvalue weighted by Crippen LogP contribution is 2.22. The second kappa shape index (κ2) is 6.23. The zero-order valence-corrected chi connectivity index (χ0v) is 12.4. The summed E-state index contributed by atoms with van der Waals surface area (Å²) in [4.78, 5) is 0. The Hall–Kier alpha value is -1.31. The number of nitrogens with one attached hydrogen (secondary N) is 1. The van der Waals surface area contributed by atoms with Gasteiger partial charge in [-0.25, -0.2) is 0 Å². The summed E-state index contributed by atoms with van der Waals surface area (Å²) in [5.41, 5.74) is 3.93. The van der Waals surface area contributed by atoms with Gasteiger partial charge in [0.25, 0.3) is 0 Å². The van der Waals surface area contributed by atoms with Gasteiger partial charge in [0, 0.05) is 17.1 Å². The molecule has 2 aromatic carbocycles. The molecule has 19 heavy (non-hydrogen) atoms. The Morgan fingerprint density at radius 2 is 1.53 bits per heavy atom. The molecule has 0 aliphatic rings. The number of halogens is 1. The van der Waals surface area contributed by atoms with Gasteiger partial charge in [0.2, 0.25) is 0 Å². The van der Waals surface area contributed by atoms with E-state index in [0.717, 1.165) is 5.02 Å². The lowest BCUT2D eigenvalue weighted by Gasteiger charge is -2.22. The van der Waals surface area contributed by atoms with E-state index in [4.69, 9.17) is 11.6 Å². The molecule has 1 N–H and O–H groups in total. The summed E-state index contributed by atoms with van der Waals surface area (Å²) in [6.07, 6.45) is 0. The molecule has 0 heterocycles. The van der Waals surface area contributed by atoms with E-state index in [1.807, 2.05) is 12.1 Å². The molecule has 0 saturated carbocycles. The minimum atomic E-state index is 0.298. The maximum Gasteiger partial charge on any atom is 0.0406 e. The highest BCUT2D eigenvalue weighted by molar-refractivity contribution is 6.30. The molecule has 2 unspecified atom stereocenters. The Bertz CT molecular complexity index is 533. The van der Waals surface area contributed by atoms with Crippen molar-refractivity contribution >= 4 is 11.6 Å². The zero-order chi connectivity index (χ0) is 13.8. The fourth-order valence-corrected chi connectivity index (χ4v) is 2.51. The number of rotatable bonds is 4. The Morgan fingerprint density at radius 3 is 2.16 bits per heavy atom. The highest BCUT2D eigenvalue weighted by Gasteiger charge is 2.12. The van der Waals surface area contributed by atoms with Gasteiger partial charge in [0.1, 0.15) is 0 Å². The Labute approximate surface area is 120 Å².